The molecule has 39 heteroatoms. The molecule has 0 radical (unpaired) electrons. The topological polar surface area (TPSA) is 534 Å². The maximum Gasteiger partial charge on any atom is 0.330 e. The third kappa shape index (κ3) is 21.4. The number of carboxylic acids is 1. The summed E-state index contributed by atoms with van der Waals surface area (Å²) in [6.45, 7) is 9.69. The number of morpholine rings is 1. The number of nitrogens with zero attached hydrogens (tertiary/aromatic N) is 1. The molecule has 18 atom stereocenters. The fraction of sp³-hybridized carbons (Fsp3) is 0.420. The van der Waals surface area contributed by atoms with E-state index in [1.165, 1.54) is 18.2 Å². The van der Waals surface area contributed by atoms with Crippen LogP contribution in [0.1, 0.15) is 142 Å². The number of hydrazine groups is 1. The van der Waals surface area contributed by atoms with E-state index in [-0.39, 0.29) is 64.2 Å². The second kappa shape index (κ2) is 40.0. The van der Waals surface area contributed by atoms with Gasteiger partial charge in [0.25, 0.3) is 0 Å². The van der Waals surface area contributed by atoms with E-state index in [2.05, 4.69) is 37.3 Å². The number of carboxylic acid groups (broad SMARTS) is 1. The van der Waals surface area contributed by atoms with Crippen LogP contribution in [-0.2, 0) is 75.1 Å². The highest BCUT2D eigenvalue weighted by Gasteiger charge is 2.53. The van der Waals surface area contributed by atoms with Crippen molar-refractivity contribution in [1.82, 2.24) is 31.6 Å². The summed E-state index contributed by atoms with van der Waals surface area (Å²) in [5, 5.41) is 136. The van der Waals surface area contributed by atoms with Crippen LogP contribution in [0.2, 0.25) is 20.1 Å². The minimum absolute atomic E-state index is 0.0255. The predicted octanol–water partition coefficient (Wildman–Crippen LogP) is 7.50. The number of anilines is 2. The minimum Gasteiger partial charge on any atom is -0.508 e. The Kier molecular flexibility index (Phi) is 29.6. The molecule has 3 fully saturated rings. The number of nitrogens with one attached hydrogen (secondary N) is 7. The lowest BCUT2D eigenvalue weighted by atomic mass is 9.84. The Bertz CT molecular complexity index is 5380. The quantitative estimate of drug-likeness (QED) is 0.0331. The lowest BCUT2D eigenvalue weighted by molar-refractivity contribution is -0.334. The zero-order chi connectivity index (χ0) is 91.5. The fourth-order valence-corrected chi connectivity index (χ4v) is 17.2. The number of ketones is 2. The Morgan fingerprint density at radius 1 is 0.685 bits per heavy atom. The fourth-order valence-electron chi connectivity index (χ4n) is 16.5. The van der Waals surface area contributed by atoms with Gasteiger partial charge in [0, 0.05) is 79.5 Å². The van der Waals surface area contributed by atoms with Gasteiger partial charge in [-0.15, -0.1) is 0 Å². The number of rotatable bonds is 21. The highest BCUT2D eigenvalue weighted by Crippen LogP contribution is 2.51. The summed E-state index contributed by atoms with van der Waals surface area (Å²) in [5.41, 5.74) is 7.47. The first-order valence-electron chi connectivity index (χ1n) is 41.0. The molecule has 19 N–H and O–H groups in total. The van der Waals surface area contributed by atoms with Gasteiger partial charge in [0.15, 0.2) is 41.5 Å². The van der Waals surface area contributed by atoms with Crippen molar-refractivity contribution in [2.75, 3.05) is 43.7 Å². The summed E-state index contributed by atoms with van der Waals surface area (Å²) in [6, 6.07) is 15.7. The van der Waals surface area contributed by atoms with Gasteiger partial charge in [0.2, 0.25) is 47.5 Å². The molecule has 35 nitrogen and oxygen atoms in total. The summed E-state index contributed by atoms with van der Waals surface area (Å²) >= 11 is 26.9. The number of carbonyl (C=O) groups is 9. The number of primary amides is 1. The Morgan fingerprint density at radius 2 is 1.35 bits per heavy atom. The van der Waals surface area contributed by atoms with Crippen molar-refractivity contribution in [3.05, 3.63) is 174 Å². The van der Waals surface area contributed by atoms with E-state index in [1.54, 1.807) is 57.2 Å². The van der Waals surface area contributed by atoms with Gasteiger partial charge < -0.3 is 127 Å². The van der Waals surface area contributed by atoms with Crippen molar-refractivity contribution in [3.63, 3.8) is 0 Å². The van der Waals surface area contributed by atoms with Crippen molar-refractivity contribution in [1.29, 1.82) is 0 Å². The number of fused-ring (bicyclic) bond motifs is 15. The number of aliphatic hydroxyl groups is 6. The van der Waals surface area contributed by atoms with Gasteiger partial charge in [-0.1, -0.05) is 97.5 Å². The van der Waals surface area contributed by atoms with Gasteiger partial charge in [-0.25, -0.2) is 9.80 Å². The lowest BCUT2D eigenvalue weighted by Gasteiger charge is -2.48. The highest BCUT2D eigenvalue weighted by atomic mass is 35.5. The second-order valence-corrected chi connectivity index (χ2v) is 34.5. The number of aliphatic carboxylic acids is 1. The number of halogens is 4. The Morgan fingerprint density at radius 3 is 1.99 bits per heavy atom. The minimum atomic E-state index is -2.28. The number of phenolic OH excluding ortho intramolecular Hbond substituents is 3. The van der Waals surface area contributed by atoms with Crippen LogP contribution >= 0.6 is 46.4 Å². The lowest BCUT2D eigenvalue weighted by Crippen LogP contribution is -2.65. The number of benzene rings is 7. The maximum absolute atomic E-state index is 16.4. The third-order valence-corrected chi connectivity index (χ3v) is 24.6. The van der Waals surface area contributed by atoms with Crippen molar-refractivity contribution in [3.8, 4) is 57.1 Å². The molecule has 0 aliphatic carbocycles. The SMILES string of the molecule is CC[C@H](CC(C)C)C(=O)N[C@H]1C(=O)CC(CC(N)=O)C(=O)NC2C(=O)C[C@H]3C(=O)N[C@H](C(=O)N[C@@H](C(=O)O)c4cc(O)cc(O)c4-c4cc3ccc4O)[C@H](O)c3ccc(c(Cl)c3)Oc3cc2cc(c3O[C@@H]2O[C@H](CO)[C@@H](O)[C@H](O)[C@H]2O[C@H]2C[C@](C)(NCc3ccc(NN4CCOCC4)c(NC(=O)Cc4ccc(Cl)c(Cl)c4)c3)[C@H](O)[C@H](C)O2)Oc2ccc(cc2Cl)[C@H]1O. The van der Waals surface area contributed by atoms with Crippen LogP contribution < -0.4 is 57.3 Å². The van der Waals surface area contributed by atoms with Crippen LogP contribution in [0.25, 0.3) is 11.1 Å². The smallest absolute Gasteiger partial charge is 0.330 e. The highest BCUT2D eigenvalue weighted by molar-refractivity contribution is 6.42. The normalized spacial score (nSPS) is 26.7. The molecule has 8 heterocycles. The average Bonchev–Trinajstić information content (AvgIpc) is 0.766. The summed E-state index contributed by atoms with van der Waals surface area (Å²) < 4.78 is 45.5. The maximum atomic E-state index is 16.4. The number of hydrogen-bond donors (Lipinski definition) is 18. The molecule has 8 aliphatic heterocycles. The number of phenols is 3. The molecule has 11 bridgehead atoms. The van der Waals surface area contributed by atoms with Gasteiger partial charge in [-0.05, 0) is 145 Å². The first-order valence-corrected chi connectivity index (χ1v) is 42.5. The van der Waals surface area contributed by atoms with Crippen molar-refractivity contribution < 1.29 is 127 Å². The standard InChI is InChI=1S/C88H97Cl4N9O26/c1-6-42(21-38(2)3)82(115)98-73-60(106)28-47(31-67(93)108)83(116)96-71-46-29-64(123-62-15-10-44(75(73)110)26-54(62)91)79(65(30-46)124-63-16-11-45(27-55(63)92)76(111)74-85(118)97-72(86(119)120)51-32-48(103)33-59(105)70(51)50-25-43(9-14-58(50)104)49(34-61(71)107)84(117)99-74)127-87-80(78(113)77(112)66(37-102)125-87)126-69-35-88(5,81(114)39(4)122-69)94-36-41-8-13-56(100-101-17-19-121-20-18-101)57(23-41)95-68(109)24-40-7-12-52(89)53(90)22-40/h7-16,22-23,25-27,29-30,32-33,38-39,42,47,49,66,69,71-78,80-81,87,94,100,102-105,110-114H,6,17-21,24,28,31,34-37H2,1-5H3,(H2,93,108)(H,95,109)(H,96,116)(H,97,118)(H,98,115)(H,99,117)(H,119,120)/t39-,42+,47?,49+,66+,69-,71?,72+,73-,74-,75+,76+,77+,78-,80+,81+,87-,88-/m0/s1. The van der Waals surface area contributed by atoms with Crippen molar-refractivity contribution in [2.45, 2.75) is 183 Å². The molecule has 3 saturated heterocycles. The summed E-state index contributed by atoms with van der Waals surface area (Å²) in [7, 11) is 0. The van der Waals surface area contributed by atoms with Gasteiger partial charge in [-0.3, -0.25) is 38.4 Å². The summed E-state index contributed by atoms with van der Waals surface area (Å²) in [5.74, 6) is -19.8. The molecule has 8 aliphatic rings. The Balaban J connectivity index is 0.947. The van der Waals surface area contributed by atoms with Crippen LogP contribution in [0, 0.1) is 17.8 Å². The molecular weight excluding hydrogens is 1740 g/mol. The first-order chi connectivity index (χ1) is 60.3. The number of Topliss-reactive ketones (excluding diaryl/α,β-unsaturated/α-hetero) is 2. The van der Waals surface area contributed by atoms with E-state index >= 15 is 24.0 Å². The van der Waals surface area contributed by atoms with Crippen LogP contribution in [0.3, 0.4) is 0 Å². The van der Waals surface area contributed by atoms with Crippen LogP contribution in [-0.4, -0.2) is 209 Å². The first kappa shape index (κ1) is 94.1. The molecule has 15 rings (SSSR count). The Hall–Kier alpha value is -10.6. The number of aliphatic hydroxyl groups excluding tert-OH is 6. The Labute approximate surface area is 747 Å². The van der Waals surface area contributed by atoms with Gasteiger partial charge in [0.1, 0.15) is 77.4 Å². The van der Waals surface area contributed by atoms with Gasteiger partial charge in [-0.2, -0.15) is 0 Å². The van der Waals surface area contributed by atoms with Gasteiger partial charge in [0.05, 0.1) is 81.8 Å². The number of amides is 6. The number of hydrogen-bond acceptors (Lipinski definition) is 28. The van der Waals surface area contributed by atoms with E-state index in [9.17, 15) is 70.2 Å². The summed E-state index contributed by atoms with van der Waals surface area (Å²) in [4.78, 5) is 133. The van der Waals surface area contributed by atoms with E-state index in [4.69, 9.17) is 85.3 Å². The van der Waals surface area contributed by atoms with Gasteiger partial charge >= 0.3 is 5.97 Å². The van der Waals surface area contributed by atoms with E-state index in [0.29, 0.717) is 60.2 Å². The number of carbonyl (C=O) groups excluding carboxylic acids is 8. The predicted molar refractivity (Wildman–Crippen MR) is 457 cm³/mol. The second-order valence-electron chi connectivity index (χ2n) is 32.9. The van der Waals surface area contributed by atoms with E-state index in [1.807, 2.05) is 18.9 Å². The molecule has 7 aromatic carbocycles. The molecular formula is C88H97Cl4N9O26. The summed E-state index contributed by atoms with van der Waals surface area (Å²) in [6.07, 6.45) is -20.8. The number of ether oxygens (including phenoxy) is 7. The zero-order valence-electron chi connectivity index (χ0n) is 69.1. The largest absolute Gasteiger partial charge is 0.508 e. The van der Waals surface area contributed by atoms with Crippen LogP contribution in [0.5, 0.6) is 46.0 Å². The molecule has 0 aromatic heterocycles. The molecule has 0 spiro atoms. The van der Waals surface area contributed by atoms with E-state index < -0.39 is 255 Å². The zero-order valence-corrected chi connectivity index (χ0v) is 72.1. The molecule has 127 heavy (non-hydrogen) atoms. The molecule has 6 amide bonds. The molecule has 2 unspecified atom stereocenters. The van der Waals surface area contributed by atoms with Crippen LogP contribution in [0.15, 0.2) is 115 Å². The number of aromatic hydroxyl groups is 3. The average molecular weight is 1840 g/mol. The van der Waals surface area contributed by atoms with Crippen molar-refractivity contribution in [2.24, 2.45) is 23.5 Å². The van der Waals surface area contributed by atoms with E-state index in [0.717, 1.165) is 60.7 Å². The monoisotopic (exact) mass is 1840 g/mol. The molecule has 678 valence electrons. The third-order valence-electron chi connectivity index (χ3n) is 23.3. The molecule has 7 aromatic rings. The van der Waals surface area contributed by atoms with Crippen molar-refractivity contribution >= 4 is 111 Å². The number of nitrogens with two attached hydrogens (primary N) is 1. The van der Waals surface area contributed by atoms with Crippen LogP contribution in [0.4, 0.5) is 11.4 Å². The molecule has 0 saturated carbocycles.